The van der Waals surface area contributed by atoms with Crippen LogP contribution in [0.3, 0.4) is 0 Å². The number of carbonyl (C=O) groups excluding carboxylic acids is 1. The van der Waals surface area contributed by atoms with Crippen LogP contribution in [0, 0.1) is 0 Å². The normalized spacial score (nSPS) is 20.1. The smallest absolute Gasteiger partial charge is 0.326 e. The Labute approximate surface area is 118 Å². The lowest BCUT2D eigenvalue weighted by Gasteiger charge is -2.30. The van der Waals surface area contributed by atoms with Gasteiger partial charge in [-0.3, -0.25) is 9.69 Å². The van der Waals surface area contributed by atoms with Crippen LogP contribution in [0.15, 0.2) is 30.3 Å². The van der Waals surface area contributed by atoms with Gasteiger partial charge in [0.15, 0.2) is 0 Å². The van der Waals surface area contributed by atoms with E-state index in [2.05, 4.69) is 0 Å². The average molecular weight is 276 g/mol. The predicted molar refractivity (Wildman–Crippen MR) is 75.2 cm³/mol. The van der Waals surface area contributed by atoms with Crippen LogP contribution in [-0.4, -0.2) is 53.5 Å². The Morgan fingerprint density at radius 1 is 1.30 bits per heavy atom. The quantitative estimate of drug-likeness (QED) is 0.902. The summed E-state index contributed by atoms with van der Waals surface area (Å²) in [5.74, 6) is -1.05. The Balaban J connectivity index is 2.26. The molecule has 1 amide bonds. The van der Waals surface area contributed by atoms with Crippen molar-refractivity contribution in [2.75, 3.05) is 20.6 Å². The van der Waals surface area contributed by atoms with Crippen molar-refractivity contribution in [2.45, 2.75) is 24.9 Å². The number of benzene rings is 1. The number of carboxylic acids is 1. The van der Waals surface area contributed by atoms with E-state index in [9.17, 15) is 14.7 Å². The van der Waals surface area contributed by atoms with E-state index in [1.54, 1.807) is 0 Å². The fourth-order valence-electron chi connectivity index (χ4n) is 2.74. The lowest BCUT2D eigenvalue weighted by atomic mass is 10.0. The largest absolute Gasteiger partial charge is 0.480 e. The zero-order valence-corrected chi connectivity index (χ0v) is 11.8. The summed E-state index contributed by atoms with van der Waals surface area (Å²) in [6.45, 7) is 0.521. The summed E-state index contributed by atoms with van der Waals surface area (Å²) < 4.78 is 0. The SMILES string of the molecule is CN(C)C(C(=O)N1CCC[C@H]1C(=O)O)c1ccccc1. The number of carboxylic acid groups (broad SMARTS) is 1. The first-order chi connectivity index (χ1) is 9.52. The van der Waals surface area contributed by atoms with Gasteiger partial charge in [0.1, 0.15) is 12.1 Å². The molecule has 0 saturated carbocycles. The summed E-state index contributed by atoms with van der Waals surface area (Å²) in [6.07, 6.45) is 1.29. The molecule has 1 fully saturated rings. The number of carbonyl (C=O) groups is 2. The molecule has 2 rings (SSSR count). The topological polar surface area (TPSA) is 60.9 Å². The maximum atomic E-state index is 12.7. The van der Waals surface area contributed by atoms with Gasteiger partial charge in [0.05, 0.1) is 0 Å². The number of hydrogen-bond acceptors (Lipinski definition) is 3. The van der Waals surface area contributed by atoms with Gasteiger partial charge in [-0.1, -0.05) is 30.3 Å². The van der Waals surface area contributed by atoms with Gasteiger partial charge < -0.3 is 10.0 Å². The molecule has 0 bridgehead atoms. The highest BCUT2D eigenvalue weighted by atomic mass is 16.4. The average Bonchev–Trinajstić information content (AvgIpc) is 2.89. The molecule has 1 saturated heterocycles. The van der Waals surface area contributed by atoms with Gasteiger partial charge in [-0.25, -0.2) is 4.79 Å². The summed E-state index contributed by atoms with van der Waals surface area (Å²) in [5, 5.41) is 9.22. The van der Waals surface area contributed by atoms with Gasteiger partial charge in [-0.05, 0) is 32.5 Å². The van der Waals surface area contributed by atoms with Crippen LogP contribution in [0.25, 0.3) is 0 Å². The van der Waals surface area contributed by atoms with Gasteiger partial charge in [0.25, 0.3) is 0 Å². The number of aliphatic carboxylic acids is 1. The van der Waals surface area contributed by atoms with Gasteiger partial charge in [-0.2, -0.15) is 0 Å². The first kappa shape index (κ1) is 14.5. The fourth-order valence-corrected chi connectivity index (χ4v) is 2.74. The molecule has 0 aromatic heterocycles. The zero-order chi connectivity index (χ0) is 14.7. The minimum Gasteiger partial charge on any atom is -0.480 e. The van der Waals surface area contributed by atoms with E-state index in [4.69, 9.17) is 0 Å². The molecule has 108 valence electrons. The second-order valence-electron chi connectivity index (χ2n) is 5.30. The minimum absolute atomic E-state index is 0.133. The monoisotopic (exact) mass is 276 g/mol. The van der Waals surface area contributed by atoms with Crippen LogP contribution in [-0.2, 0) is 9.59 Å². The van der Waals surface area contributed by atoms with Gasteiger partial charge >= 0.3 is 5.97 Å². The van der Waals surface area contributed by atoms with E-state index in [1.165, 1.54) is 4.90 Å². The maximum Gasteiger partial charge on any atom is 0.326 e. The predicted octanol–water partition coefficient (Wildman–Crippen LogP) is 1.36. The molecule has 0 aliphatic carbocycles. The molecular formula is C15H20N2O3. The van der Waals surface area contributed by atoms with Crippen molar-refractivity contribution in [1.29, 1.82) is 0 Å². The number of nitrogens with zero attached hydrogens (tertiary/aromatic N) is 2. The molecule has 0 radical (unpaired) electrons. The first-order valence-corrected chi connectivity index (χ1v) is 6.77. The van der Waals surface area contributed by atoms with Crippen molar-refractivity contribution in [3.8, 4) is 0 Å². The van der Waals surface area contributed by atoms with Crippen molar-refractivity contribution >= 4 is 11.9 Å². The Morgan fingerprint density at radius 2 is 1.95 bits per heavy atom. The molecule has 5 nitrogen and oxygen atoms in total. The van der Waals surface area contributed by atoms with Crippen molar-refractivity contribution < 1.29 is 14.7 Å². The van der Waals surface area contributed by atoms with Gasteiger partial charge in [0.2, 0.25) is 5.91 Å². The second kappa shape index (κ2) is 6.05. The first-order valence-electron chi connectivity index (χ1n) is 6.77. The highest BCUT2D eigenvalue weighted by Gasteiger charge is 2.38. The van der Waals surface area contributed by atoms with E-state index < -0.39 is 18.1 Å². The molecule has 1 aliphatic heterocycles. The van der Waals surface area contributed by atoms with E-state index >= 15 is 0 Å². The third-order valence-corrected chi connectivity index (χ3v) is 3.69. The van der Waals surface area contributed by atoms with Crippen LogP contribution in [0.5, 0.6) is 0 Å². The van der Waals surface area contributed by atoms with Crippen LogP contribution < -0.4 is 0 Å². The van der Waals surface area contributed by atoms with Gasteiger partial charge in [0, 0.05) is 6.54 Å². The Kier molecular flexibility index (Phi) is 4.39. The summed E-state index contributed by atoms with van der Waals surface area (Å²) in [4.78, 5) is 27.3. The molecule has 1 aliphatic rings. The van der Waals surface area contributed by atoms with Crippen molar-refractivity contribution in [3.05, 3.63) is 35.9 Å². The van der Waals surface area contributed by atoms with E-state index in [-0.39, 0.29) is 5.91 Å². The lowest BCUT2D eigenvalue weighted by Crippen LogP contribution is -2.45. The molecule has 2 atom stereocenters. The Morgan fingerprint density at radius 3 is 2.50 bits per heavy atom. The third-order valence-electron chi connectivity index (χ3n) is 3.69. The minimum atomic E-state index is -0.915. The zero-order valence-electron chi connectivity index (χ0n) is 11.8. The molecule has 20 heavy (non-hydrogen) atoms. The molecule has 1 aromatic rings. The number of amides is 1. The summed E-state index contributed by atoms with van der Waals surface area (Å²) in [6, 6.07) is 8.35. The van der Waals surface area contributed by atoms with Crippen LogP contribution in [0.4, 0.5) is 0 Å². The van der Waals surface area contributed by atoms with E-state index in [1.807, 2.05) is 49.3 Å². The molecule has 1 N–H and O–H groups in total. The van der Waals surface area contributed by atoms with Crippen LogP contribution in [0.1, 0.15) is 24.4 Å². The number of likely N-dealkylation sites (tertiary alicyclic amines) is 1. The van der Waals surface area contributed by atoms with E-state index in [0.29, 0.717) is 13.0 Å². The molecule has 1 heterocycles. The molecule has 5 heteroatoms. The standard InChI is InChI=1S/C15H20N2O3/c1-16(2)13(11-7-4-3-5-8-11)14(18)17-10-6-9-12(17)15(19)20/h3-5,7-8,12-13H,6,9-10H2,1-2H3,(H,19,20)/t12-,13?/m0/s1. The Hall–Kier alpha value is -1.88. The van der Waals surface area contributed by atoms with Crippen molar-refractivity contribution in [3.63, 3.8) is 0 Å². The van der Waals surface area contributed by atoms with E-state index in [0.717, 1.165) is 12.0 Å². The summed E-state index contributed by atoms with van der Waals surface area (Å²) >= 11 is 0. The van der Waals surface area contributed by atoms with Gasteiger partial charge in [-0.15, -0.1) is 0 Å². The third kappa shape index (κ3) is 2.82. The van der Waals surface area contributed by atoms with Crippen LogP contribution >= 0.6 is 0 Å². The lowest BCUT2D eigenvalue weighted by molar-refractivity contribution is -0.150. The molecule has 1 unspecified atom stereocenters. The van der Waals surface area contributed by atoms with Crippen LogP contribution in [0.2, 0.25) is 0 Å². The maximum absolute atomic E-state index is 12.7. The molecular weight excluding hydrogens is 256 g/mol. The number of likely N-dealkylation sites (N-methyl/N-ethyl adjacent to an activating group) is 1. The highest BCUT2D eigenvalue weighted by molar-refractivity contribution is 5.88. The summed E-state index contributed by atoms with van der Waals surface area (Å²) in [5.41, 5.74) is 0.888. The Bertz CT molecular complexity index is 487. The second-order valence-corrected chi connectivity index (χ2v) is 5.30. The van der Waals surface area contributed by atoms with Crippen molar-refractivity contribution in [2.24, 2.45) is 0 Å². The highest BCUT2D eigenvalue weighted by Crippen LogP contribution is 2.26. The van der Waals surface area contributed by atoms with Crippen molar-refractivity contribution in [1.82, 2.24) is 9.80 Å². The fraction of sp³-hybridized carbons (Fsp3) is 0.467. The molecule has 1 aromatic carbocycles. The molecule has 0 spiro atoms. The number of hydrogen-bond donors (Lipinski definition) is 1. The number of rotatable bonds is 4. The summed E-state index contributed by atoms with van der Waals surface area (Å²) in [7, 11) is 3.67.